The van der Waals surface area contributed by atoms with E-state index in [-0.39, 0.29) is 11.8 Å². The lowest BCUT2D eigenvalue weighted by Gasteiger charge is -2.11. The molecule has 26 heavy (non-hydrogen) atoms. The molecule has 0 bridgehead atoms. The van der Waals surface area contributed by atoms with Gasteiger partial charge in [0.25, 0.3) is 5.91 Å². The van der Waals surface area contributed by atoms with Gasteiger partial charge < -0.3 is 14.8 Å². The van der Waals surface area contributed by atoms with Gasteiger partial charge in [-0.25, -0.2) is 4.79 Å². The van der Waals surface area contributed by atoms with Crippen molar-refractivity contribution in [2.24, 2.45) is 5.92 Å². The van der Waals surface area contributed by atoms with Crippen molar-refractivity contribution < 1.29 is 19.1 Å². The van der Waals surface area contributed by atoms with Gasteiger partial charge in [-0.3, -0.25) is 10.1 Å². The number of amides is 2. The highest BCUT2D eigenvalue weighted by atomic mass is 16.5. The molecule has 2 rings (SSSR count). The molecular formula is C20H24N2O4. The summed E-state index contributed by atoms with van der Waals surface area (Å²) in [7, 11) is 1.61. The zero-order valence-electron chi connectivity index (χ0n) is 15.2. The molecule has 0 atom stereocenters. The normalized spacial score (nSPS) is 10.5. The lowest BCUT2D eigenvalue weighted by Crippen LogP contribution is -2.17. The third-order valence-electron chi connectivity index (χ3n) is 3.41. The minimum absolute atomic E-state index is 0.234. The van der Waals surface area contributed by atoms with Crippen LogP contribution in [0.25, 0.3) is 0 Å². The Morgan fingerprint density at radius 3 is 2.38 bits per heavy atom. The van der Waals surface area contributed by atoms with Crippen LogP contribution in [0.1, 0.15) is 29.8 Å². The van der Waals surface area contributed by atoms with E-state index in [1.807, 2.05) is 26.0 Å². The van der Waals surface area contributed by atoms with Crippen LogP contribution >= 0.6 is 0 Å². The second-order valence-corrected chi connectivity index (χ2v) is 6.29. The van der Waals surface area contributed by atoms with E-state index in [2.05, 4.69) is 10.6 Å². The molecule has 0 aromatic heterocycles. The van der Waals surface area contributed by atoms with Crippen LogP contribution in [0.15, 0.2) is 48.5 Å². The predicted molar refractivity (Wildman–Crippen MR) is 101 cm³/mol. The number of nitrogens with one attached hydrogen (secondary N) is 2. The Bertz CT molecular complexity index is 759. The molecule has 0 heterocycles. The molecule has 2 aromatic rings. The first-order chi connectivity index (χ1) is 12.5. The molecule has 6 heteroatoms. The molecule has 0 saturated heterocycles. The number of rotatable bonds is 7. The highest BCUT2D eigenvalue weighted by Crippen LogP contribution is 2.17. The molecule has 0 aliphatic rings. The van der Waals surface area contributed by atoms with Gasteiger partial charge in [0.05, 0.1) is 13.2 Å². The Kier molecular flexibility index (Phi) is 7.17. The molecule has 0 fully saturated rings. The Hall–Kier alpha value is -2.86. The van der Waals surface area contributed by atoms with Gasteiger partial charge in [0.15, 0.2) is 0 Å². The second kappa shape index (κ2) is 9.58. The van der Waals surface area contributed by atoms with E-state index in [0.29, 0.717) is 30.2 Å². The van der Waals surface area contributed by atoms with Crippen LogP contribution < -0.4 is 10.6 Å². The molecule has 0 aliphatic heterocycles. The molecule has 6 nitrogen and oxygen atoms in total. The van der Waals surface area contributed by atoms with Crippen LogP contribution in [0.4, 0.5) is 16.2 Å². The molecular weight excluding hydrogens is 332 g/mol. The zero-order chi connectivity index (χ0) is 18.9. The topological polar surface area (TPSA) is 76.7 Å². The molecule has 2 aromatic carbocycles. The number of hydrogen-bond acceptors (Lipinski definition) is 4. The second-order valence-electron chi connectivity index (χ2n) is 6.29. The van der Waals surface area contributed by atoms with Crippen molar-refractivity contribution in [3.63, 3.8) is 0 Å². The fourth-order valence-electron chi connectivity index (χ4n) is 2.24. The van der Waals surface area contributed by atoms with E-state index in [4.69, 9.17) is 9.47 Å². The Morgan fingerprint density at radius 1 is 1.00 bits per heavy atom. The minimum atomic E-state index is -0.519. The molecule has 2 amide bonds. The lowest BCUT2D eigenvalue weighted by atomic mass is 10.1. The maximum atomic E-state index is 12.4. The van der Waals surface area contributed by atoms with Crippen LogP contribution in [-0.4, -0.2) is 25.7 Å². The Morgan fingerprint density at radius 2 is 1.69 bits per heavy atom. The van der Waals surface area contributed by atoms with Gasteiger partial charge in [-0.1, -0.05) is 32.0 Å². The molecule has 0 radical (unpaired) electrons. The first-order valence-electron chi connectivity index (χ1n) is 8.41. The van der Waals surface area contributed by atoms with Crippen LogP contribution in [-0.2, 0) is 16.1 Å². The van der Waals surface area contributed by atoms with Crippen molar-refractivity contribution in [3.8, 4) is 0 Å². The van der Waals surface area contributed by atoms with Crippen LogP contribution in [0.3, 0.4) is 0 Å². The predicted octanol–water partition coefficient (Wildman–Crippen LogP) is 4.29. The highest BCUT2D eigenvalue weighted by Gasteiger charge is 2.09. The summed E-state index contributed by atoms with van der Waals surface area (Å²) in [5.74, 6) is 0.0303. The third kappa shape index (κ3) is 6.22. The van der Waals surface area contributed by atoms with E-state index in [9.17, 15) is 9.59 Å². The Balaban J connectivity index is 2.00. The SMILES string of the molecule is COCc1cccc(C(=O)Nc2cccc(NC(=O)OCC(C)C)c2)c1. The summed E-state index contributed by atoms with van der Waals surface area (Å²) in [6.45, 7) is 4.72. The highest BCUT2D eigenvalue weighted by molar-refractivity contribution is 6.04. The average molecular weight is 356 g/mol. The van der Waals surface area contributed by atoms with Crippen LogP contribution in [0, 0.1) is 5.92 Å². The number of hydrogen-bond donors (Lipinski definition) is 2. The fourth-order valence-corrected chi connectivity index (χ4v) is 2.24. The monoisotopic (exact) mass is 356 g/mol. The van der Waals surface area contributed by atoms with Gasteiger partial charge in [0, 0.05) is 24.0 Å². The maximum absolute atomic E-state index is 12.4. The summed E-state index contributed by atoms with van der Waals surface area (Å²) in [5, 5.41) is 5.47. The summed E-state index contributed by atoms with van der Waals surface area (Å²) in [6.07, 6.45) is -0.519. The average Bonchev–Trinajstić information content (AvgIpc) is 2.61. The van der Waals surface area contributed by atoms with Crippen molar-refractivity contribution in [2.75, 3.05) is 24.4 Å². The molecule has 138 valence electrons. The molecule has 0 aliphatic carbocycles. The van der Waals surface area contributed by atoms with Crippen molar-refractivity contribution in [2.45, 2.75) is 20.5 Å². The zero-order valence-corrected chi connectivity index (χ0v) is 15.2. The lowest BCUT2D eigenvalue weighted by molar-refractivity contribution is 0.102. The van der Waals surface area contributed by atoms with E-state index < -0.39 is 6.09 Å². The number of ether oxygens (including phenoxy) is 2. The first-order valence-corrected chi connectivity index (χ1v) is 8.41. The van der Waals surface area contributed by atoms with E-state index in [0.717, 1.165) is 5.56 Å². The summed E-state index contributed by atoms with van der Waals surface area (Å²) in [6, 6.07) is 14.1. The van der Waals surface area contributed by atoms with Gasteiger partial charge in [0.2, 0.25) is 0 Å². The van der Waals surface area contributed by atoms with Gasteiger partial charge in [-0.2, -0.15) is 0 Å². The largest absolute Gasteiger partial charge is 0.449 e. The summed E-state index contributed by atoms with van der Waals surface area (Å²) in [5.41, 5.74) is 2.58. The molecule has 0 unspecified atom stereocenters. The molecule has 2 N–H and O–H groups in total. The number of methoxy groups -OCH3 is 1. The van der Waals surface area contributed by atoms with Crippen LogP contribution in [0.5, 0.6) is 0 Å². The van der Waals surface area contributed by atoms with Crippen molar-refractivity contribution in [3.05, 3.63) is 59.7 Å². The van der Waals surface area contributed by atoms with E-state index >= 15 is 0 Å². The summed E-state index contributed by atoms with van der Waals surface area (Å²) >= 11 is 0. The van der Waals surface area contributed by atoms with Gasteiger partial charge in [0.1, 0.15) is 0 Å². The standard InChI is InChI=1S/C20H24N2O4/c1-14(2)12-26-20(24)22-18-9-5-8-17(11-18)21-19(23)16-7-4-6-15(10-16)13-25-3/h4-11,14H,12-13H2,1-3H3,(H,21,23)(H,22,24). The number of carbonyl (C=O) groups excluding carboxylic acids is 2. The van der Waals surface area contributed by atoms with Crippen molar-refractivity contribution in [1.29, 1.82) is 0 Å². The Labute approximate surface area is 153 Å². The first kappa shape index (κ1) is 19.5. The summed E-state index contributed by atoms with van der Waals surface area (Å²) in [4.78, 5) is 24.2. The number of carbonyl (C=O) groups is 2. The van der Waals surface area contributed by atoms with E-state index in [1.165, 1.54) is 0 Å². The van der Waals surface area contributed by atoms with Gasteiger partial charge >= 0.3 is 6.09 Å². The third-order valence-corrected chi connectivity index (χ3v) is 3.41. The van der Waals surface area contributed by atoms with Crippen LogP contribution in [0.2, 0.25) is 0 Å². The van der Waals surface area contributed by atoms with Crippen molar-refractivity contribution >= 4 is 23.4 Å². The number of anilines is 2. The number of benzene rings is 2. The maximum Gasteiger partial charge on any atom is 0.411 e. The van der Waals surface area contributed by atoms with Gasteiger partial charge in [-0.15, -0.1) is 0 Å². The van der Waals surface area contributed by atoms with Crippen molar-refractivity contribution in [1.82, 2.24) is 0 Å². The minimum Gasteiger partial charge on any atom is -0.449 e. The smallest absolute Gasteiger partial charge is 0.411 e. The summed E-state index contributed by atoms with van der Waals surface area (Å²) < 4.78 is 10.2. The van der Waals surface area contributed by atoms with Gasteiger partial charge in [-0.05, 0) is 41.8 Å². The fraction of sp³-hybridized carbons (Fsp3) is 0.300. The molecule has 0 spiro atoms. The quantitative estimate of drug-likeness (QED) is 0.776. The molecule has 0 saturated carbocycles. The van der Waals surface area contributed by atoms with E-state index in [1.54, 1.807) is 43.5 Å².